The molecule has 1 aromatic rings. The molecule has 0 fully saturated rings. The number of rotatable bonds is 6. The van der Waals surface area contributed by atoms with Crippen molar-refractivity contribution in [2.24, 2.45) is 0 Å². The average molecular weight is 234 g/mol. The quantitative estimate of drug-likeness (QED) is 0.751. The number of hydrogen-bond donors (Lipinski definition) is 0. The van der Waals surface area contributed by atoms with Gasteiger partial charge in [0.05, 0.1) is 7.11 Å². The summed E-state index contributed by atoms with van der Waals surface area (Å²) in [5, 5.41) is 0. The zero-order valence-electron chi connectivity index (χ0n) is 11.3. The molecule has 0 aliphatic heterocycles. The van der Waals surface area contributed by atoms with E-state index < -0.39 is 0 Å². The summed E-state index contributed by atoms with van der Waals surface area (Å²) in [6, 6.07) is 4.16. The Morgan fingerprint density at radius 1 is 1.24 bits per heavy atom. The van der Waals surface area contributed by atoms with E-state index in [-0.39, 0.29) is 0 Å². The highest BCUT2D eigenvalue weighted by molar-refractivity contribution is 5.78. The molecule has 0 N–H and O–H groups in total. The maximum absolute atomic E-state index is 11.5. The molecule has 0 saturated carbocycles. The third-order valence-corrected chi connectivity index (χ3v) is 3.16. The summed E-state index contributed by atoms with van der Waals surface area (Å²) in [4.78, 5) is 11.5. The number of benzene rings is 1. The summed E-state index contributed by atoms with van der Waals surface area (Å²) in [6.07, 6.45) is 3.02. The summed E-state index contributed by atoms with van der Waals surface area (Å²) >= 11 is 0. The highest BCUT2D eigenvalue weighted by Crippen LogP contribution is 2.27. The molecule has 2 nitrogen and oxygen atoms in total. The molecule has 94 valence electrons. The van der Waals surface area contributed by atoms with Crippen molar-refractivity contribution in [1.82, 2.24) is 0 Å². The summed E-state index contributed by atoms with van der Waals surface area (Å²) in [5.41, 5.74) is 3.54. The topological polar surface area (TPSA) is 26.3 Å². The highest BCUT2D eigenvalue weighted by atomic mass is 16.5. The number of aryl methyl sites for hydroxylation is 2. The highest BCUT2D eigenvalue weighted by Gasteiger charge is 2.10. The van der Waals surface area contributed by atoms with E-state index in [1.807, 2.05) is 6.92 Å². The van der Waals surface area contributed by atoms with Crippen molar-refractivity contribution in [3.8, 4) is 5.75 Å². The van der Waals surface area contributed by atoms with Crippen LogP contribution in [-0.4, -0.2) is 12.9 Å². The molecule has 0 atom stereocenters. The lowest BCUT2D eigenvalue weighted by atomic mass is 9.99. The monoisotopic (exact) mass is 234 g/mol. The predicted octanol–water partition coefficient (Wildman–Crippen LogP) is 3.61. The molecule has 0 radical (unpaired) electrons. The van der Waals surface area contributed by atoms with Crippen LogP contribution in [0.2, 0.25) is 0 Å². The Labute approximate surface area is 104 Å². The Bertz CT molecular complexity index is 394. The lowest BCUT2D eigenvalue weighted by Crippen LogP contribution is -2.02. The zero-order valence-corrected chi connectivity index (χ0v) is 11.3. The molecule has 0 unspecified atom stereocenters. The largest absolute Gasteiger partial charge is 0.496 e. The van der Waals surface area contributed by atoms with Gasteiger partial charge in [-0.1, -0.05) is 19.1 Å². The fraction of sp³-hybridized carbons (Fsp3) is 0.533. The number of hydrogen-bond acceptors (Lipinski definition) is 2. The smallest absolute Gasteiger partial charge is 0.133 e. The van der Waals surface area contributed by atoms with Crippen LogP contribution in [0.15, 0.2) is 12.1 Å². The number of ether oxygens (including phenoxy) is 1. The molecule has 17 heavy (non-hydrogen) atoms. The minimum absolute atomic E-state index is 0.341. The minimum atomic E-state index is 0.341. The molecule has 2 heteroatoms. The fourth-order valence-corrected chi connectivity index (χ4v) is 2.01. The van der Waals surface area contributed by atoms with Gasteiger partial charge in [-0.2, -0.15) is 0 Å². The molecule has 0 heterocycles. The molecule has 0 saturated heterocycles. The molecule has 0 bridgehead atoms. The second-order valence-corrected chi connectivity index (χ2v) is 4.49. The van der Waals surface area contributed by atoms with E-state index in [9.17, 15) is 4.79 Å². The van der Waals surface area contributed by atoms with Crippen molar-refractivity contribution < 1.29 is 9.53 Å². The van der Waals surface area contributed by atoms with Crippen LogP contribution in [0, 0.1) is 13.8 Å². The Hall–Kier alpha value is -1.31. The predicted molar refractivity (Wildman–Crippen MR) is 70.7 cm³/mol. The summed E-state index contributed by atoms with van der Waals surface area (Å²) in [5.74, 6) is 1.28. The molecule has 1 aromatic carbocycles. The van der Waals surface area contributed by atoms with Gasteiger partial charge >= 0.3 is 0 Å². The number of Topliss-reactive ketones (excluding diaryl/α,β-unsaturated/α-hetero) is 1. The van der Waals surface area contributed by atoms with E-state index in [0.717, 1.165) is 24.2 Å². The van der Waals surface area contributed by atoms with Gasteiger partial charge in [-0.25, -0.2) is 0 Å². The van der Waals surface area contributed by atoms with Crippen molar-refractivity contribution in [1.29, 1.82) is 0 Å². The van der Waals surface area contributed by atoms with Crippen LogP contribution in [0.25, 0.3) is 0 Å². The van der Waals surface area contributed by atoms with Crippen molar-refractivity contribution >= 4 is 5.78 Å². The average Bonchev–Trinajstić information content (AvgIpc) is 2.31. The number of carbonyl (C=O) groups excluding carboxylic acids is 1. The molecule has 0 spiro atoms. The van der Waals surface area contributed by atoms with Crippen LogP contribution in [0.1, 0.15) is 42.9 Å². The standard InChI is InChI=1S/C15H22O2/c1-5-6-14(16)10-9-13-8-7-11(2)12(3)15(13)17-4/h7-8H,5-6,9-10H2,1-4H3. The fourth-order valence-electron chi connectivity index (χ4n) is 2.01. The van der Waals surface area contributed by atoms with Crippen LogP contribution < -0.4 is 4.74 Å². The first-order valence-corrected chi connectivity index (χ1v) is 6.24. The normalized spacial score (nSPS) is 10.4. The number of methoxy groups -OCH3 is 1. The van der Waals surface area contributed by atoms with Crippen molar-refractivity contribution in [2.45, 2.75) is 46.5 Å². The van der Waals surface area contributed by atoms with Crippen LogP contribution >= 0.6 is 0 Å². The van der Waals surface area contributed by atoms with Crippen LogP contribution in [-0.2, 0) is 11.2 Å². The van der Waals surface area contributed by atoms with E-state index in [4.69, 9.17) is 4.74 Å². The lowest BCUT2D eigenvalue weighted by Gasteiger charge is -2.13. The van der Waals surface area contributed by atoms with Gasteiger partial charge in [0.1, 0.15) is 11.5 Å². The van der Waals surface area contributed by atoms with Gasteiger partial charge in [-0.15, -0.1) is 0 Å². The van der Waals surface area contributed by atoms with Crippen LogP contribution in [0.3, 0.4) is 0 Å². The maximum atomic E-state index is 11.5. The molecule has 0 aliphatic rings. The number of carbonyl (C=O) groups is 1. The molecule has 0 amide bonds. The van der Waals surface area contributed by atoms with Crippen LogP contribution in [0.4, 0.5) is 0 Å². The lowest BCUT2D eigenvalue weighted by molar-refractivity contribution is -0.119. The first kappa shape index (κ1) is 13.8. The molecule has 1 rings (SSSR count). The third kappa shape index (κ3) is 3.58. The number of ketones is 1. The van der Waals surface area contributed by atoms with Gasteiger partial charge in [0.15, 0.2) is 0 Å². The molecule has 0 aliphatic carbocycles. The summed E-state index contributed by atoms with van der Waals surface area (Å²) in [6.45, 7) is 6.17. The van der Waals surface area contributed by atoms with Crippen LogP contribution in [0.5, 0.6) is 5.75 Å². The molecular weight excluding hydrogens is 212 g/mol. The van der Waals surface area contributed by atoms with Gasteiger partial charge < -0.3 is 4.74 Å². The van der Waals surface area contributed by atoms with E-state index in [1.54, 1.807) is 7.11 Å². The van der Waals surface area contributed by atoms with E-state index in [1.165, 1.54) is 11.1 Å². The van der Waals surface area contributed by atoms with E-state index >= 15 is 0 Å². The molecule has 0 aromatic heterocycles. The Morgan fingerprint density at radius 2 is 1.94 bits per heavy atom. The summed E-state index contributed by atoms with van der Waals surface area (Å²) in [7, 11) is 1.69. The zero-order chi connectivity index (χ0) is 12.8. The van der Waals surface area contributed by atoms with Gasteiger partial charge in [0.2, 0.25) is 0 Å². The van der Waals surface area contributed by atoms with Crippen molar-refractivity contribution in [2.75, 3.05) is 7.11 Å². The van der Waals surface area contributed by atoms with Gasteiger partial charge in [0.25, 0.3) is 0 Å². The second kappa shape index (κ2) is 6.43. The first-order valence-electron chi connectivity index (χ1n) is 6.24. The van der Waals surface area contributed by atoms with Crippen molar-refractivity contribution in [3.63, 3.8) is 0 Å². The van der Waals surface area contributed by atoms with Gasteiger partial charge in [-0.3, -0.25) is 4.79 Å². The van der Waals surface area contributed by atoms with Crippen molar-refractivity contribution in [3.05, 3.63) is 28.8 Å². The Kier molecular flexibility index (Phi) is 5.20. The Morgan fingerprint density at radius 3 is 2.53 bits per heavy atom. The SMILES string of the molecule is CCCC(=O)CCc1ccc(C)c(C)c1OC. The van der Waals surface area contributed by atoms with Gasteiger partial charge in [-0.05, 0) is 43.4 Å². The maximum Gasteiger partial charge on any atom is 0.133 e. The minimum Gasteiger partial charge on any atom is -0.496 e. The second-order valence-electron chi connectivity index (χ2n) is 4.49. The van der Waals surface area contributed by atoms with E-state index in [0.29, 0.717) is 18.6 Å². The Balaban J connectivity index is 2.77. The van der Waals surface area contributed by atoms with E-state index in [2.05, 4.69) is 26.0 Å². The van der Waals surface area contributed by atoms with Gasteiger partial charge in [0, 0.05) is 12.8 Å². The third-order valence-electron chi connectivity index (χ3n) is 3.16. The molecular formula is C15H22O2. The summed E-state index contributed by atoms with van der Waals surface area (Å²) < 4.78 is 5.44. The first-order chi connectivity index (χ1) is 8.10.